The molecule has 0 bridgehead atoms. The van der Waals surface area contributed by atoms with Crippen molar-refractivity contribution in [3.63, 3.8) is 0 Å². The van der Waals surface area contributed by atoms with E-state index in [1.165, 1.54) is 7.11 Å². The lowest BCUT2D eigenvalue weighted by Crippen LogP contribution is -2.45. The van der Waals surface area contributed by atoms with E-state index in [4.69, 9.17) is 9.47 Å². The molecule has 0 aliphatic carbocycles. The van der Waals surface area contributed by atoms with Crippen molar-refractivity contribution >= 4 is 12.1 Å². The average molecular weight is 280 g/mol. The van der Waals surface area contributed by atoms with Crippen LogP contribution < -0.4 is 5.32 Å². The van der Waals surface area contributed by atoms with Gasteiger partial charge in [-0.05, 0) is 38.5 Å². The number of hydrogen-bond donors (Lipinski definition) is 1. The molecule has 20 heavy (non-hydrogen) atoms. The number of alkyl carbamates (subject to hydrolysis) is 1. The first-order chi connectivity index (χ1) is 9.31. The molecule has 1 heterocycles. The average Bonchev–Trinajstić information content (AvgIpc) is 2.36. The van der Waals surface area contributed by atoms with Crippen LogP contribution in [0.4, 0.5) is 4.79 Å². The van der Waals surface area contributed by atoms with Crippen molar-refractivity contribution in [1.82, 2.24) is 10.3 Å². The van der Waals surface area contributed by atoms with E-state index in [-0.39, 0.29) is 0 Å². The van der Waals surface area contributed by atoms with Crippen molar-refractivity contribution in [2.45, 2.75) is 38.8 Å². The molecule has 1 amide bonds. The van der Waals surface area contributed by atoms with Crippen LogP contribution in [0.1, 0.15) is 26.3 Å². The van der Waals surface area contributed by atoms with Crippen LogP contribution in [0.15, 0.2) is 24.5 Å². The first kappa shape index (κ1) is 15.9. The molecule has 1 N–H and O–H groups in total. The fraction of sp³-hybridized carbons (Fsp3) is 0.500. The van der Waals surface area contributed by atoms with Gasteiger partial charge in [-0.25, -0.2) is 9.59 Å². The first-order valence-corrected chi connectivity index (χ1v) is 6.28. The van der Waals surface area contributed by atoms with E-state index in [0.29, 0.717) is 6.42 Å². The number of rotatable bonds is 4. The van der Waals surface area contributed by atoms with E-state index in [9.17, 15) is 9.59 Å². The summed E-state index contributed by atoms with van der Waals surface area (Å²) in [7, 11) is 1.28. The number of amides is 1. The number of methoxy groups -OCH3 is 1. The van der Waals surface area contributed by atoms with E-state index in [1.54, 1.807) is 45.3 Å². The summed E-state index contributed by atoms with van der Waals surface area (Å²) < 4.78 is 9.82. The van der Waals surface area contributed by atoms with Crippen molar-refractivity contribution in [2.75, 3.05) is 7.11 Å². The Morgan fingerprint density at radius 1 is 1.30 bits per heavy atom. The Hall–Kier alpha value is -2.11. The summed E-state index contributed by atoms with van der Waals surface area (Å²) in [6, 6.07) is 2.75. The quantitative estimate of drug-likeness (QED) is 0.849. The topological polar surface area (TPSA) is 77.5 Å². The lowest BCUT2D eigenvalue weighted by Gasteiger charge is -2.22. The highest BCUT2D eigenvalue weighted by atomic mass is 16.6. The van der Waals surface area contributed by atoms with Gasteiger partial charge >= 0.3 is 12.1 Å². The van der Waals surface area contributed by atoms with E-state index in [0.717, 1.165) is 5.56 Å². The van der Waals surface area contributed by atoms with Crippen molar-refractivity contribution in [2.24, 2.45) is 0 Å². The molecule has 0 aromatic carbocycles. The molecule has 1 aromatic rings. The molecule has 6 heteroatoms. The standard InChI is InChI=1S/C14H20N2O4/c1-14(2,3)20-13(18)16-11(12(17)19-4)9-10-5-7-15-8-6-10/h5-8,11H,9H2,1-4H3,(H,16,18)/t11-/m0/s1. The van der Waals surface area contributed by atoms with Gasteiger partial charge in [0.05, 0.1) is 7.11 Å². The van der Waals surface area contributed by atoms with E-state index >= 15 is 0 Å². The Morgan fingerprint density at radius 3 is 2.40 bits per heavy atom. The lowest BCUT2D eigenvalue weighted by atomic mass is 10.1. The predicted octanol–water partition coefficient (Wildman–Crippen LogP) is 1.69. The molecule has 1 rings (SSSR count). The van der Waals surface area contributed by atoms with Gasteiger partial charge < -0.3 is 14.8 Å². The molecule has 0 aliphatic rings. The molecule has 110 valence electrons. The number of nitrogens with zero attached hydrogens (tertiary/aromatic N) is 1. The third-order valence-electron chi connectivity index (χ3n) is 2.37. The highest BCUT2D eigenvalue weighted by Gasteiger charge is 2.25. The summed E-state index contributed by atoms with van der Waals surface area (Å²) in [5.74, 6) is -0.521. The Labute approximate surface area is 118 Å². The number of carbonyl (C=O) groups is 2. The van der Waals surface area contributed by atoms with Crippen LogP contribution >= 0.6 is 0 Å². The van der Waals surface area contributed by atoms with Gasteiger partial charge in [-0.1, -0.05) is 0 Å². The van der Waals surface area contributed by atoms with Crippen LogP contribution in [0, 0.1) is 0 Å². The summed E-state index contributed by atoms with van der Waals surface area (Å²) >= 11 is 0. The van der Waals surface area contributed by atoms with Gasteiger partial charge in [0.25, 0.3) is 0 Å². The third kappa shape index (κ3) is 5.69. The monoisotopic (exact) mass is 280 g/mol. The predicted molar refractivity (Wildman–Crippen MR) is 73.1 cm³/mol. The molecular weight excluding hydrogens is 260 g/mol. The number of nitrogens with one attached hydrogen (secondary N) is 1. The van der Waals surface area contributed by atoms with Gasteiger partial charge in [0.15, 0.2) is 0 Å². The summed E-state index contributed by atoms with van der Waals surface area (Å²) in [6.45, 7) is 5.26. The molecule has 1 aromatic heterocycles. The number of ether oxygens (including phenoxy) is 2. The number of aromatic nitrogens is 1. The largest absolute Gasteiger partial charge is 0.467 e. The minimum absolute atomic E-state index is 0.314. The fourth-order valence-electron chi connectivity index (χ4n) is 1.54. The second-order valence-corrected chi connectivity index (χ2v) is 5.28. The normalized spacial score (nSPS) is 12.4. The Morgan fingerprint density at radius 2 is 1.90 bits per heavy atom. The van der Waals surface area contributed by atoms with Crippen LogP contribution in [0.25, 0.3) is 0 Å². The highest BCUT2D eigenvalue weighted by molar-refractivity contribution is 5.81. The van der Waals surface area contributed by atoms with Crippen LogP contribution in [0.2, 0.25) is 0 Å². The minimum Gasteiger partial charge on any atom is -0.467 e. The lowest BCUT2D eigenvalue weighted by molar-refractivity contribution is -0.143. The molecule has 0 aliphatic heterocycles. The van der Waals surface area contributed by atoms with Gasteiger partial charge in [-0.3, -0.25) is 4.98 Å². The number of carbonyl (C=O) groups excluding carboxylic acids is 2. The van der Waals surface area contributed by atoms with E-state index < -0.39 is 23.7 Å². The van der Waals surface area contributed by atoms with Gasteiger partial charge in [0, 0.05) is 18.8 Å². The molecule has 0 radical (unpaired) electrons. The number of hydrogen-bond acceptors (Lipinski definition) is 5. The Bertz CT molecular complexity index is 454. The third-order valence-corrected chi connectivity index (χ3v) is 2.37. The second-order valence-electron chi connectivity index (χ2n) is 5.28. The van der Waals surface area contributed by atoms with Crippen molar-refractivity contribution in [1.29, 1.82) is 0 Å². The van der Waals surface area contributed by atoms with E-state index in [2.05, 4.69) is 10.3 Å². The Kier molecular flexibility index (Phi) is 5.49. The summed E-state index contributed by atoms with van der Waals surface area (Å²) in [4.78, 5) is 27.3. The van der Waals surface area contributed by atoms with Crippen molar-refractivity contribution in [3.05, 3.63) is 30.1 Å². The zero-order valence-electron chi connectivity index (χ0n) is 12.2. The zero-order chi connectivity index (χ0) is 15.2. The zero-order valence-corrected chi connectivity index (χ0v) is 12.2. The summed E-state index contributed by atoms with van der Waals surface area (Å²) in [6.07, 6.45) is 2.91. The van der Waals surface area contributed by atoms with Gasteiger partial charge in [-0.2, -0.15) is 0 Å². The Balaban J connectivity index is 2.70. The maximum absolute atomic E-state index is 11.7. The number of pyridine rings is 1. The fourth-order valence-corrected chi connectivity index (χ4v) is 1.54. The molecular formula is C14H20N2O4. The molecule has 0 saturated carbocycles. The van der Waals surface area contributed by atoms with Crippen molar-refractivity contribution in [3.8, 4) is 0 Å². The maximum atomic E-state index is 11.7. The van der Waals surface area contributed by atoms with Crippen molar-refractivity contribution < 1.29 is 19.1 Å². The molecule has 0 spiro atoms. The van der Waals surface area contributed by atoms with Gasteiger partial charge in [-0.15, -0.1) is 0 Å². The summed E-state index contributed by atoms with van der Waals surface area (Å²) in [5, 5.41) is 2.52. The van der Waals surface area contributed by atoms with E-state index in [1.807, 2.05) is 0 Å². The van der Waals surface area contributed by atoms with Crippen LogP contribution in [0.5, 0.6) is 0 Å². The summed E-state index contributed by atoms with van der Waals surface area (Å²) in [5.41, 5.74) is 0.243. The highest BCUT2D eigenvalue weighted by Crippen LogP contribution is 2.08. The van der Waals surface area contributed by atoms with Crippen LogP contribution in [-0.4, -0.2) is 35.8 Å². The molecule has 0 fully saturated rings. The van der Waals surface area contributed by atoms with Gasteiger partial charge in [0.2, 0.25) is 0 Å². The van der Waals surface area contributed by atoms with Crippen LogP contribution in [-0.2, 0) is 20.7 Å². The first-order valence-electron chi connectivity index (χ1n) is 6.28. The maximum Gasteiger partial charge on any atom is 0.408 e. The minimum atomic E-state index is -0.794. The molecule has 0 saturated heterocycles. The number of esters is 1. The molecule has 0 unspecified atom stereocenters. The second kappa shape index (κ2) is 6.88. The SMILES string of the molecule is COC(=O)[C@H](Cc1ccncc1)NC(=O)OC(C)(C)C. The van der Waals surface area contributed by atoms with Crippen LogP contribution in [0.3, 0.4) is 0 Å². The smallest absolute Gasteiger partial charge is 0.408 e. The molecule has 6 nitrogen and oxygen atoms in total. The molecule has 1 atom stereocenters. The van der Waals surface area contributed by atoms with Gasteiger partial charge in [0.1, 0.15) is 11.6 Å².